The largest absolute Gasteiger partial charge is 0.496 e. The zero-order valence-corrected chi connectivity index (χ0v) is 12.2. The molecule has 20 heavy (non-hydrogen) atoms. The monoisotopic (exact) mass is 289 g/mol. The van der Waals surface area contributed by atoms with E-state index in [1.807, 2.05) is 31.2 Å². The molecule has 6 heteroatoms. The molecule has 1 N–H and O–H groups in total. The van der Waals surface area contributed by atoms with Crippen LogP contribution in [0.4, 0.5) is 5.13 Å². The Morgan fingerprint density at radius 3 is 2.70 bits per heavy atom. The minimum Gasteiger partial charge on any atom is -0.496 e. The molecular formula is C14H15N3O2S. The number of hydrogen-bond acceptors (Lipinski definition) is 5. The number of carbonyl (C=O) groups is 1. The van der Waals surface area contributed by atoms with E-state index in [-0.39, 0.29) is 5.91 Å². The van der Waals surface area contributed by atoms with Gasteiger partial charge in [0.25, 0.3) is 0 Å². The van der Waals surface area contributed by atoms with Crippen LogP contribution in [0.2, 0.25) is 0 Å². The van der Waals surface area contributed by atoms with Gasteiger partial charge in [0.15, 0.2) is 0 Å². The van der Waals surface area contributed by atoms with Crippen molar-refractivity contribution in [3.05, 3.63) is 34.8 Å². The second kappa shape index (κ2) is 4.86. The minimum absolute atomic E-state index is 0.0295. The molecule has 1 fully saturated rings. The number of carbonyl (C=O) groups excluding carboxylic acids is 1. The van der Waals surface area contributed by atoms with Crippen molar-refractivity contribution in [1.29, 1.82) is 0 Å². The van der Waals surface area contributed by atoms with Gasteiger partial charge in [0.2, 0.25) is 11.0 Å². The zero-order valence-electron chi connectivity index (χ0n) is 11.3. The van der Waals surface area contributed by atoms with Gasteiger partial charge in [-0.1, -0.05) is 29.5 Å². The second-order valence-electron chi connectivity index (χ2n) is 4.86. The molecule has 0 atom stereocenters. The van der Waals surface area contributed by atoms with Crippen LogP contribution in [0.5, 0.6) is 5.75 Å². The third-order valence-corrected chi connectivity index (χ3v) is 4.31. The Morgan fingerprint density at radius 2 is 2.10 bits per heavy atom. The first-order valence-electron chi connectivity index (χ1n) is 6.41. The summed E-state index contributed by atoms with van der Waals surface area (Å²) in [5.74, 6) is 0.728. The van der Waals surface area contributed by atoms with Crippen molar-refractivity contribution in [2.75, 3.05) is 12.4 Å². The van der Waals surface area contributed by atoms with Gasteiger partial charge in [-0.15, -0.1) is 10.2 Å². The van der Waals surface area contributed by atoms with Crippen LogP contribution in [-0.2, 0) is 10.2 Å². The standard InChI is InChI=1S/C14H15N3O2S/c1-9-16-17-13(20-9)15-12(18)14(7-8-14)10-5-3-4-6-11(10)19-2/h3-6H,7-8H2,1-2H3,(H,15,17,18). The number of amides is 1. The van der Waals surface area contributed by atoms with Crippen LogP contribution in [0.25, 0.3) is 0 Å². The zero-order chi connectivity index (χ0) is 14.2. The van der Waals surface area contributed by atoms with E-state index in [4.69, 9.17) is 4.74 Å². The molecule has 1 saturated carbocycles. The average molecular weight is 289 g/mol. The Labute approximate surface area is 121 Å². The Morgan fingerprint density at radius 1 is 1.35 bits per heavy atom. The molecule has 1 amide bonds. The van der Waals surface area contributed by atoms with Crippen LogP contribution in [0.15, 0.2) is 24.3 Å². The fraction of sp³-hybridized carbons (Fsp3) is 0.357. The number of ether oxygens (including phenoxy) is 1. The molecule has 1 heterocycles. The molecule has 5 nitrogen and oxygen atoms in total. The number of methoxy groups -OCH3 is 1. The van der Waals surface area contributed by atoms with Gasteiger partial charge in [0, 0.05) is 5.56 Å². The van der Waals surface area contributed by atoms with Crippen LogP contribution < -0.4 is 10.1 Å². The number of rotatable bonds is 4. The lowest BCUT2D eigenvalue weighted by atomic mass is 9.94. The van der Waals surface area contributed by atoms with Crippen LogP contribution in [0.3, 0.4) is 0 Å². The van der Waals surface area contributed by atoms with Crippen molar-refractivity contribution < 1.29 is 9.53 Å². The number of para-hydroxylation sites is 1. The van der Waals surface area contributed by atoms with Gasteiger partial charge in [-0.05, 0) is 25.8 Å². The van der Waals surface area contributed by atoms with E-state index in [9.17, 15) is 4.79 Å². The lowest BCUT2D eigenvalue weighted by Gasteiger charge is -2.17. The second-order valence-corrected chi connectivity index (χ2v) is 6.04. The van der Waals surface area contributed by atoms with Crippen molar-refractivity contribution >= 4 is 22.4 Å². The van der Waals surface area contributed by atoms with Gasteiger partial charge in [-0.2, -0.15) is 0 Å². The Hall–Kier alpha value is -1.95. The number of nitrogens with zero attached hydrogens (tertiary/aromatic N) is 2. The van der Waals surface area contributed by atoms with Crippen LogP contribution >= 0.6 is 11.3 Å². The molecule has 0 saturated heterocycles. The number of benzene rings is 1. The third-order valence-electron chi connectivity index (χ3n) is 3.55. The van der Waals surface area contributed by atoms with Crippen LogP contribution in [0, 0.1) is 6.92 Å². The highest BCUT2D eigenvalue weighted by atomic mass is 32.1. The van der Waals surface area contributed by atoms with Gasteiger partial charge in [0.05, 0.1) is 12.5 Å². The fourth-order valence-electron chi connectivity index (χ4n) is 2.35. The highest BCUT2D eigenvalue weighted by Crippen LogP contribution is 2.52. The summed E-state index contributed by atoms with van der Waals surface area (Å²) in [4.78, 5) is 12.5. The smallest absolute Gasteiger partial charge is 0.236 e. The van der Waals surface area contributed by atoms with E-state index < -0.39 is 5.41 Å². The minimum atomic E-state index is -0.480. The average Bonchev–Trinajstić information content (AvgIpc) is 3.18. The molecule has 1 aromatic carbocycles. The van der Waals surface area contributed by atoms with Gasteiger partial charge in [-0.25, -0.2) is 0 Å². The molecule has 3 rings (SSSR count). The van der Waals surface area contributed by atoms with Gasteiger partial charge in [0.1, 0.15) is 10.8 Å². The van der Waals surface area contributed by atoms with Crippen LogP contribution in [0.1, 0.15) is 23.4 Å². The number of aromatic nitrogens is 2. The summed E-state index contributed by atoms with van der Waals surface area (Å²) < 4.78 is 5.37. The van der Waals surface area contributed by atoms with E-state index in [2.05, 4.69) is 15.5 Å². The first-order valence-corrected chi connectivity index (χ1v) is 7.22. The summed E-state index contributed by atoms with van der Waals surface area (Å²) in [5, 5.41) is 12.1. The maximum Gasteiger partial charge on any atom is 0.236 e. The first kappa shape index (κ1) is 13.1. The van der Waals surface area contributed by atoms with Crippen molar-refractivity contribution in [2.24, 2.45) is 0 Å². The molecule has 1 aliphatic rings. The molecule has 1 aromatic heterocycles. The molecule has 0 aliphatic heterocycles. The number of nitrogens with one attached hydrogen (secondary N) is 1. The Kier molecular flexibility index (Phi) is 3.17. The summed E-state index contributed by atoms with van der Waals surface area (Å²) in [6.45, 7) is 1.86. The van der Waals surface area contributed by atoms with Crippen LogP contribution in [-0.4, -0.2) is 23.2 Å². The van der Waals surface area contributed by atoms with Crippen molar-refractivity contribution in [3.63, 3.8) is 0 Å². The molecule has 0 bridgehead atoms. The third kappa shape index (κ3) is 2.16. The predicted octanol–water partition coefficient (Wildman–Crippen LogP) is 2.53. The highest BCUT2D eigenvalue weighted by molar-refractivity contribution is 7.15. The molecule has 0 radical (unpaired) electrons. The van der Waals surface area contributed by atoms with Crippen molar-refractivity contribution in [2.45, 2.75) is 25.2 Å². The Bertz CT molecular complexity index is 649. The lowest BCUT2D eigenvalue weighted by Crippen LogP contribution is -2.28. The maximum atomic E-state index is 12.5. The molecule has 0 spiro atoms. The summed E-state index contributed by atoms with van der Waals surface area (Å²) in [7, 11) is 1.63. The van der Waals surface area contributed by atoms with E-state index in [0.717, 1.165) is 29.2 Å². The Balaban J connectivity index is 1.86. The molecule has 2 aromatic rings. The summed E-state index contributed by atoms with van der Waals surface area (Å²) in [5.41, 5.74) is 0.466. The normalized spacial score (nSPS) is 15.7. The topological polar surface area (TPSA) is 64.1 Å². The molecular weight excluding hydrogens is 274 g/mol. The van der Waals surface area contributed by atoms with Gasteiger partial charge >= 0.3 is 0 Å². The van der Waals surface area contributed by atoms with Crippen molar-refractivity contribution in [1.82, 2.24) is 10.2 Å². The van der Waals surface area contributed by atoms with E-state index >= 15 is 0 Å². The molecule has 0 unspecified atom stereocenters. The van der Waals surface area contributed by atoms with E-state index in [1.54, 1.807) is 7.11 Å². The number of hydrogen-bond donors (Lipinski definition) is 1. The highest BCUT2D eigenvalue weighted by Gasteiger charge is 2.53. The van der Waals surface area contributed by atoms with Crippen molar-refractivity contribution in [3.8, 4) is 5.75 Å². The molecule has 104 valence electrons. The van der Waals surface area contributed by atoms with E-state index in [1.165, 1.54) is 11.3 Å². The maximum absolute atomic E-state index is 12.5. The van der Waals surface area contributed by atoms with Gasteiger partial charge in [-0.3, -0.25) is 10.1 Å². The summed E-state index contributed by atoms with van der Waals surface area (Å²) >= 11 is 1.38. The quantitative estimate of drug-likeness (QED) is 0.939. The predicted molar refractivity (Wildman–Crippen MR) is 77.2 cm³/mol. The molecule has 1 aliphatic carbocycles. The van der Waals surface area contributed by atoms with Gasteiger partial charge < -0.3 is 4.74 Å². The first-order chi connectivity index (χ1) is 9.65. The number of aryl methyl sites for hydroxylation is 1. The lowest BCUT2D eigenvalue weighted by molar-refractivity contribution is -0.118. The summed E-state index contributed by atoms with van der Waals surface area (Å²) in [6.07, 6.45) is 1.66. The summed E-state index contributed by atoms with van der Waals surface area (Å²) in [6, 6.07) is 7.68. The fourth-order valence-corrected chi connectivity index (χ4v) is 2.93. The van der Waals surface area contributed by atoms with E-state index in [0.29, 0.717) is 5.13 Å². The SMILES string of the molecule is COc1ccccc1C1(C(=O)Nc2nnc(C)s2)CC1. The number of anilines is 1.